The fourth-order valence-corrected chi connectivity index (χ4v) is 1.50. The Bertz CT molecular complexity index is 602. The molecule has 3 nitrogen and oxygen atoms in total. The lowest BCUT2D eigenvalue weighted by molar-refractivity contribution is -0.123. The van der Waals surface area contributed by atoms with E-state index in [0.29, 0.717) is 5.56 Å². The summed E-state index contributed by atoms with van der Waals surface area (Å²) in [5.74, 6) is -1.37. The van der Waals surface area contributed by atoms with Gasteiger partial charge in [-0.15, -0.1) is 0 Å². The van der Waals surface area contributed by atoms with Gasteiger partial charge in [-0.3, -0.25) is 4.79 Å². The van der Waals surface area contributed by atoms with Gasteiger partial charge in [0, 0.05) is 5.56 Å². The van der Waals surface area contributed by atoms with Crippen molar-refractivity contribution >= 4 is 5.91 Å². The van der Waals surface area contributed by atoms with Gasteiger partial charge in [-0.05, 0) is 36.4 Å². The number of furan rings is 1. The average molecular weight is 287 g/mol. The van der Waals surface area contributed by atoms with Gasteiger partial charge in [0.25, 0.3) is 5.91 Å². The van der Waals surface area contributed by atoms with Crippen molar-refractivity contribution in [3.63, 3.8) is 0 Å². The van der Waals surface area contributed by atoms with Crippen LogP contribution in [0, 0.1) is 5.82 Å². The van der Waals surface area contributed by atoms with E-state index in [0.717, 1.165) is 0 Å². The molecule has 1 aromatic heterocycles. The molecule has 7 heteroatoms. The minimum atomic E-state index is -4.48. The molecule has 0 fully saturated rings. The molecular formula is C13H9F4NO2. The monoisotopic (exact) mass is 287 g/mol. The quantitative estimate of drug-likeness (QED) is 0.879. The number of alkyl halides is 3. The zero-order chi connectivity index (χ0) is 14.8. The van der Waals surface area contributed by atoms with Gasteiger partial charge < -0.3 is 9.73 Å². The number of amides is 1. The molecule has 1 aromatic carbocycles. The van der Waals surface area contributed by atoms with Gasteiger partial charge in [0.05, 0.1) is 0 Å². The van der Waals surface area contributed by atoms with Crippen LogP contribution >= 0.6 is 0 Å². The molecule has 2 aromatic rings. The van der Waals surface area contributed by atoms with Crippen LogP contribution in [0.15, 0.2) is 40.8 Å². The van der Waals surface area contributed by atoms with E-state index in [-0.39, 0.29) is 11.5 Å². The Balaban J connectivity index is 2.09. The van der Waals surface area contributed by atoms with E-state index >= 15 is 0 Å². The Morgan fingerprint density at radius 3 is 2.35 bits per heavy atom. The van der Waals surface area contributed by atoms with Crippen LogP contribution in [0.1, 0.15) is 10.6 Å². The highest BCUT2D eigenvalue weighted by atomic mass is 19.4. The molecular weight excluding hydrogens is 278 g/mol. The Labute approximate surface area is 111 Å². The molecule has 0 saturated heterocycles. The number of halogens is 4. The molecule has 1 N–H and O–H groups in total. The topological polar surface area (TPSA) is 42.2 Å². The van der Waals surface area contributed by atoms with Gasteiger partial charge >= 0.3 is 6.18 Å². The predicted octanol–water partition coefficient (Wildman–Crippen LogP) is 3.38. The Morgan fingerprint density at radius 1 is 1.10 bits per heavy atom. The molecule has 0 spiro atoms. The molecule has 0 atom stereocenters. The Hall–Kier alpha value is -2.31. The molecule has 0 saturated carbocycles. The highest BCUT2D eigenvalue weighted by molar-refractivity contribution is 5.92. The summed E-state index contributed by atoms with van der Waals surface area (Å²) in [6.07, 6.45) is -4.48. The lowest BCUT2D eigenvalue weighted by Crippen LogP contribution is -2.33. The summed E-state index contributed by atoms with van der Waals surface area (Å²) in [7, 11) is 0. The second kappa shape index (κ2) is 5.36. The number of hydrogen-bond donors (Lipinski definition) is 1. The van der Waals surface area contributed by atoms with Crippen LogP contribution in [0.3, 0.4) is 0 Å². The third kappa shape index (κ3) is 3.59. The molecule has 0 aliphatic heterocycles. The minimum absolute atomic E-state index is 0.242. The van der Waals surface area contributed by atoms with Crippen LogP contribution in [0.2, 0.25) is 0 Å². The van der Waals surface area contributed by atoms with Crippen LogP contribution < -0.4 is 5.32 Å². The zero-order valence-electron chi connectivity index (χ0n) is 10.00. The zero-order valence-corrected chi connectivity index (χ0v) is 10.00. The van der Waals surface area contributed by atoms with Crippen molar-refractivity contribution in [1.29, 1.82) is 0 Å². The van der Waals surface area contributed by atoms with Crippen molar-refractivity contribution < 1.29 is 26.8 Å². The summed E-state index contributed by atoms with van der Waals surface area (Å²) in [5.41, 5.74) is 0.515. The third-order valence-electron chi connectivity index (χ3n) is 2.41. The van der Waals surface area contributed by atoms with Crippen molar-refractivity contribution in [2.45, 2.75) is 6.18 Å². The van der Waals surface area contributed by atoms with Crippen molar-refractivity contribution in [2.75, 3.05) is 6.54 Å². The van der Waals surface area contributed by atoms with Crippen molar-refractivity contribution in [3.8, 4) is 11.3 Å². The van der Waals surface area contributed by atoms with Gasteiger partial charge in [0.2, 0.25) is 0 Å². The minimum Gasteiger partial charge on any atom is -0.451 e. The van der Waals surface area contributed by atoms with Gasteiger partial charge in [-0.1, -0.05) is 0 Å². The molecule has 1 heterocycles. The average Bonchev–Trinajstić information content (AvgIpc) is 2.85. The molecule has 0 aliphatic carbocycles. The lowest BCUT2D eigenvalue weighted by Gasteiger charge is -2.06. The van der Waals surface area contributed by atoms with Crippen LogP contribution in [-0.2, 0) is 0 Å². The van der Waals surface area contributed by atoms with Crippen LogP contribution in [0.25, 0.3) is 11.3 Å². The number of benzene rings is 1. The standard InChI is InChI=1S/C13H9F4NO2/c14-9-3-1-8(2-4-9)10-5-6-11(20-10)12(19)18-7-13(15,16)17/h1-6H,7H2,(H,18,19). The lowest BCUT2D eigenvalue weighted by atomic mass is 10.2. The summed E-state index contributed by atoms with van der Waals surface area (Å²) >= 11 is 0. The second-order valence-electron chi connectivity index (χ2n) is 3.97. The summed E-state index contributed by atoms with van der Waals surface area (Å²) in [6.45, 7) is -1.43. The first-order valence-electron chi connectivity index (χ1n) is 5.56. The van der Waals surface area contributed by atoms with Gasteiger partial charge in [-0.25, -0.2) is 4.39 Å². The maximum atomic E-state index is 12.7. The first-order valence-corrected chi connectivity index (χ1v) is 5.56. The molecule has 1 amide bonds. The Kier molecular flexibility index (Phi) is 3.78. The number of hydrogen-bond acceptors (Lipinski definition) is 2. The number of nitrogens with one attached hydrogen (secondary N) is 1. The number of carbonyl (C=O) groups is 1. The van der Waals surface area contributed by atoms with Gasteiger partial charge in [0.15, 0.2) is 5.76 Å². The largest absolute Gasteiger partial charge is 0.451 e. The predicted molar refractivity (Wildman–Crippen MR) is 62.5 cm³/mol. The van der Waals surface area contributed by atoms with Crippen LogP contribution in [0.5, 0.6) is 0 Å². The molecule has 2 rings (SSSR count). The molecule has 0 unspecified atom stereocenters. The van der Waals surface area contributed by atoms with E-state index in [1.165, 1.54) is 36.4 Å². The summed E-state index contributed by atoms with van der Waals surface area (Å²) in [6, 6.07) is 7.97. The Morgan fingerprint density at radius 2 is 1.75 bits per heavy atom. The smallest absolute Gasteiger partial charge is 0.405 e. The van der Waals surface area contributed by atoms with Gasteiger partial charge in [-0.2, -0.15) is 13.2 Å². The maximum absolute atomic E-state index is 12.7. The molecule has 106 valence electrons. The molecule has 0 radical (unpaired) electrons. The fraction of sp³-hybridized carbons (Fsp3) is 0.154. The summed E-state index contributed by atoms with van der Waals surface area (Å²) in [4.78, 5) is 11.4. The van der Waals surface area contributed by atoms with Crippen molar-refractivity contribution in [3.05, 3.63) is 48.0 Å². The summed E-state index contributed by atoms with van der Waals surface area (Å²) in [5, 5.41) is 1.70. The van der Waals surface area contributed by atoms with Crippen LogP contribution in [-0.4, -0.2) is 18.6 Å². The molecule has 20 heavy (non-hydrogen) atoms. The second-order valence-corrected chi connectivity index (χ2v) is 3.97. The van der Waals surface area contributed by atoms with E-state index in [4.69, 9.17) is 4.42 Å². The van der Waals surface area contributed by atoms with E-state index in [1.807, 2.05) is 0 Å². The fourth-order valence-electron chi connectivity index (χ4n) is 1.50. The normalized spacial score (nSPS) is 11.4. The summed E-state index contributed by atoms with van der Waals surface area (Å²) < 4.78 is 53.8. The van der Waals surface area contributed by atoms with Crippen LogP contribution in [0.4, 0.5) is 17.6 Å². The van der Waals surface area contributed by atoms with E-state index in [9.17, 15) is 22.4 Å². The SMILES string of the molecule is O=C(NCC(F)(F)F)c1ccc(-c2ccc(F)cc2)o1. The van der Waals surface area contributed by atoms with E-state index < -0.39 is 24.4 Å². The highest BCUT2D eigenvalue weighted by Gasteiger charge is 2.28. The molecule has 0 bridgehead atoms. The van der Waals surface area contributed by atoms with E-state index in [1.54, 1.807) is 5.32 Å². The number of carbonyl (C=O) groups excluding carboxylic acids is 1. The first kappa shape index (κ1) is 14.1. The third-order valence-corrected chi connectivity index (χ3v) is 2.41. The van der Waals surface area contributed by atoms with Crippen molar-refractivity contribution in [1.82, 2.24) is 5.32 Å². The highest BCUT2D eigenvalue weighted by Crippen LogP contribution is 2.22. The number of rotatable bonds is 3. The molecule has 0 aliphatic rings. The first-order chi connectivity index (χ1) is 9.35. The maximum Gasteiger partial charge on any atom is 0.405 e. The van der Waals surface area contributed by atoms with Gasteiger partial charge in [0.1, 0.15) is 18.1 Å². The van der Waals surface area contributed by atoms with Crippen molar-refractivity contribution in [2.24, 2.45) is 0 Å². The van der Waals surface area contributed by atoms with E-state index in [2.05, 4.69) is 0 Å².